The van der Waals surface area contributed by atoms with Crippen molar-refractivity contribution in [1.82, 2.24) is 10.2 Å². The van der Waals surface area contributed by atoms with Crippen LogP contribution in [0.5, 0.6) is 5.75 Å². The molecule has 1 atom stereocenters. The molecule has 0 unspecified atom stereocenters. The Morgan fingerprint density at radius 1 is 1.03 bits per heavy atom. The first kappa shape index (κ1) is 30.0. The Kier molecular flexibility index (Phi) is 10.4. The van der Waals surface area contributed by atoms with E-state index in [-0.39, 0.29) is 23.0 Å². The highest BCUT2D eigenvalue weighted by Crippen LogP contribution is 2.27. The molecule has 0 spiro atoms. The molecular weight excluding hydrogens is 538 g/mol. The first-order valence-electron chi connectivity index (χ1n) is 12.6. The summed E-state index contributed by atoms with van der Waals surface area (Å²) in [5.74, 6) is -0.276. The maximum absolute atomic E-state index is 13.9. The highest BCUT2D eigenvalue weighted by Gasteiger charge is 2.32. The van der Waals surface area contributed by atoms with Gasteiger partial charge in [0, 0.05) is 18.1 Å². The molecule has 3 aromatic rings. The van der Waals surface area contributed by atoms with E-state index in [1.807, 2.05) is 19.9 Å². The van der Waals surface area contributed by atoms with E-state index in [0.29, 0.717) is 17.3 Å². The number of anilines is 1. The second-order valence-corrected chi connectivity index (χ2v) is 11.4. The number of ether oxygens (including phenoxy) is 1. The third-order valence-corrected chi connectivity index (χ3v) is 8.21. The molecule has 208 valence electrons. The van der Waals surface area contributed by atoms with Crippen LogP contribution in [0.25, 0.3) is 0 Å². The average Bonchev–Trinajstić information content (AvgIpc) is 2.93. The predicted octanol–water partition coefficient (Wildman–Crippen LogP) is 4.80. The first-order valence-corrected chi connectivity index (χ1v) is 14.4. The molecule has 0 saturated carbocycles. The lowest BCUT2D eigenvalue weighted by molar-refractivity contribution is -0.139. The average molecular weight is 572 g/mol. The van der Waals surface area contributed by atoms with Gasteiger partial charge in [0.1, 0.15) is 18.3 Å². The molecule has 0 aliphatic rings. The fourth-order valence-corrected chi connectivity index (χ4v) is 5.53. The maximum Gasteiger partial charge on any atom is 0.264 e. The molecule has 1 N–H and O–H groups in total. The summed E-state index contributed by atoms with van der Waals surface area (Å²) in [4.78, 5) is 28.2. The van der Waals surface area contributed by atoms with Crippen LogP contribution in [0.3, 0.4) is 0 Å². The van der Waals surface area contributed by atoms with Crippen molar-refractivity contribution >= 4 is 39.1 Å². The molecule has 0 saturated heterocycles. The van der Waals surface area contributed by atoms with Crippen LogP contribution < -0.4 is 14.4 Å². The number of hydrogen-bond donors (Lipinski definition) is 1. The van der Waals surface area contributed by atoms with Crippen LogP contribution in [0.4, 0.5) is 5.69 Å². The van der Waals surface area contributed by atoms with Gasteiger partial charge in [-0.3, -0.25) is 13.9 Å². The Hall–Kier alpha value is -3.56. The summed E-state index contributed by atoms with van der Waals surface area (Å²) in [6, 6.07) is 19.0. The molecule has 3 aromatic carbocycles. The number of carbonyl (C=O) groups is 2. The predicted molar refractivity (Wildman–Crippen MR) is 153 cm³/mol. The molecule has 0 bridgehead atoms. The molecule has 3 rings (SSSR count). The number of aryl methyl sites for hydroxylation is 1. The summed E-state index contributed by atoms with van der Waals surface area (Å²) in [5.41, 5.74) is 1.87. The zero-order valence-electron chi connectivity index (χ0n) is 22.6. The third kappa shape index (κ3) is 7.74. The third-order valence-electron chi connectivity index (χ3n) is 6.19. The van der Waals surface area contributed by atoms with Crippen molar-refractivity contribution in [3.63, 3.8) is 0 Å². The lowest BCUT2D eigenvalue weighted by Gasteiger charge is -2.32. The van der Waals surface area contributed by atoms with Crippen molar-refractivity contribution in [2.45, 2.75) is 44.7 Å². The van der Waals surface area contributed by atoms with Crippen LogP contribution in [0.1, 0.15) is 31.4 Å². The fourth-order valence-electron chi connectivity index (χ4n) is 3.94. The van der Waals surface area contributed by atoms with Crippen molar-refractivity contribution in [3.05, 3.63) is 88.9 Å². The van der Waals surface area contributed by atoms with Crippen molar-refractivity contribution in [2.75, 3.05) is 24.5 Å². The molecule has 0 aliphatic heterocycles. The number of benzene rings is 3. The van der Waals surface area contributed by atoms with Gasteiger partial charge in [-0.05, 0) is 68.3 Å². The van der Waals surface area contributed by atoms with E-state index >= 15 is 0 Å². The molecule has 10 heteroatoms. The molecule has 0 heterocycles. The molecule has 2 amide bonds. The van der Waals surface area contributed by atoms with E-state index in [9.17, 15) is 18.0 Å². The van der Waals surface area contributed by atoms with Crippen LogP contribution in [-0.4, -0.2) is 51.4 Å². The largest absolute Gasteiger partial charge is 0.497 e. The van der Waals surface area contributed by atoms with E-state index in [4.69, 9.17) is 16.3 Å². The SMILES string of the molecule is CCCNC(=O)[C@@H](C)N(Cc1cccc(OC)c1)C(=O)CN(c1cccc(Cl)c1)S(=O)(=O)c1ccc(C)cc1. The number of rotatable bonds is 12. The number of methoxy groups -OCH3 is 1. The minimum atomic E-state index is -4.15. The van der Waals surface area contributed by atoms with Crippen LogP contribution in [0, 0.1) is 6.92 Å². The summed E-state index contributed by atoms with van der Waals surface area (Å²) in [7, 11) is -2.61. The van der Waals surface area contributed by atoms with Crippen molar-refractivity contribution in [3.8, 4) is 5.75 Å². The zero-order chi connectivity index (χ0) is 28.6. The minimum Gasteiger partial charge on any atom is -0.497 e. The second kappa shape index (κ2) is 13.5. The highest BCUT2D eigenvalue weighted by molar-refractivity contribution is 7.92. The molecule has 39 heavy (non-hydrogen) atoms. The highest BCUT2D eigenvalue weighted by atomic mass is 35.5. The topological polar surface area (TPSA) is 96.0 Å². The molecule has 8 nitrogen and oxygen atoms in total. The molecule has 0 radical (unpaired) electrons. The van der Waals surface area contributed by atoms with Gasteiger partial charge in [0.15, 0.2) is 0 Å². The van der Waals surface area contributed by atoms with E-state index in [2.05, 4.69) is 5.32 Å². The number of carbonyl (C=O) groups excluding carboxylic acids is 2. The van der Waals surface area contributed by atoms with Crippen molar-refractivity contribution in [2.24, 2.45) is 0 Å². The Morgan fingerprint density at radius 3 is 2.36 bits per heavy atom. The number of hydrogen-bond acceptors (Lipinski definition) is 5. The lowest BCUT2D eigenvalue weighted by atomic mass is 10.1. The fraction of sp³-hybridized carbons (Fsp3) is 0.310. The van der Waals surface area contributed by atoms with Gasteiger partial charge in [-0.1, -0.05) is 54.4 Å². The van der Waals surface area contributed by atoms with E-state index in [1.165, 1.54) is 23.1 Å². The van der Waals surface area contributed by atoms with Crippen molar-refractivity contribution in [1.29, 1.82) is 0 Å². The Labute approximate surface area is 235 Å². The first-order chi connectivity index (χ1) is 18.6. The molecular formula is C29H34ClN3O5S. The van der Waals surface area contributed by atoms with Gasteiger partial charge >= 0.3 is 0 Å². The number of halogens is 1. The van der Waals surface area contributed by atoms with Gasteiger partial charge < -0.3 is 15.0 Å². The Morgan fingerprint density at radius 2 is 1.72 bits per heavy atom. The van der Waals surface area contributed by atoms with Gasteiger partial charge in [0.25, 0.3) is 10.0 Å². The lowest BCUT2D eigenvalue weighted by Crippen LogP contribution is -2.51. The van der Waals surface area contributed by atoms with Gasteiger partial charge in [-0.2, -0.15) is 0 Å². The Balaban J connectivity index is 2.02. The van der Waals surface area contributed by atoms with Crippen LogP contribution in [-0.2, 0) is 26.2 Å². The number of amides is 2. The summed E-state index contributed by atoms with van der Waals surface area (Å²) in [6.07, 6.45) is 0.736. The standard InChI is InChI=1S/C29H34ClN3O5S/c1-5-16-31-29(35)22(3)32(19-23-8-6-11-26(17-23)38-4)28(34)20-33(25-10-7-9-24(30)18-25)39(36,37)27-14-12-21(2)13-15-27/h6-15,17-18,22H,5,16,19-20H2,1-4H3,(H,31,35)/t22-/m1/s1. The molecule has 0 fully saturated rings. The monoisotopic (exact) mass is 571 g/mol. The van der Waals surface area contributed by atoms with Gasteiger partial charge in [-0.15, -0.1) is 0 Å². The van der Waals surface area contributed by atoms with Gasteiger partial charge in [0.05, 0.1) is 17.7 Å². The molecule has 0 aromatic heterocycles. The summed E-state index contributed by atoms with van der Waals surface area (Å²) in [6.45, 7) is 5.41. The zero-order valence-corrected chi connectivity index (χ0v) is 24.1. The smallest absolute Gasteiger partial charge is 0.264 e. The second-order valence-electron chi connectivity index (χ2n) is 9.14. The minimum absolute atomic E-state index is 0.0361. The molecule has 0 aliphatic carbocycles. The number of sulfonamides is 1. The van der Waals surface area contributed by atoms with E-state index in [1.54, 1.807) is 62.6 Å². The normalized spacial score (nSPS) is 11.9. The Bertz CT molecular complexity index is 1400. The summed E-state index contributed by atoms with van der Waals surface area (Å²) >= 11 is 6.20. The van der Waals surface area contributed by atoms with Crippen molar-refractivity contribution < 1.29 is 22.7 Å². The van der Waals surface area contributed by atoms with E-state index in [0.717, 1.165) is 21.9 Å². The van der Waals surface area contributed by atoms with E-state index < -0.39 is 28.5 Å². The van der Waals surface area contributed by atoms with Crippen LogP contribution in [0.15, 0.2) is 77.7 Å². The maximum atomic E-state index is 13.9. The van der Waals surface area contributed by atoms with Gasteiger partial charge in [0.2, 0.25) is 11.8 Å². The summed E-state index contributed by atoms with van der Waals surface area (Å²) < 4.78 is 34.0. The van der Waals surface area contributed by atoms with Gasteiger partial charge in [-0.25, -0.2) is 8.42 Å². The number of nitrogens with zero attached hydrogens (tertiary/aromatic N) is 2. The van der Waals surface area contributed by atoms with Crippen LogP contribution in [0.2, 0.25) is 5.02 Å². The quantitative estimate of drug-likeness (QED) is 0.337. The van der Waals surface area contributed by atoms with Crippen LogP contribution >= 0.6 is 11.6 Å². The summed E-state index contributed by atoms with van der Waals surface area (Å²) in [5, 5.41) is 3.15. The number of nitrogens with one attached hydrogen (secondary N) is 1.